The predicted molar refractivity (Wildman–Crippen MR) is 87.1 cm³/mol. The highest BCUT2D eigenvalue weighted by atomic mass is 35.5. The van der Waals surface area contributed by atoms with Gasteiger partial charge >= 0.3 is 18.2 Å². The fraction of sp³-hybridized carbons (Fsp3) is 0.286. The van der Waals surface area contributed by atoms with E-state index in [2.05, 4.69) is 15.5 Å². The van der Waals surface area contributed by atoms with E-state index in [1.807, 2.05) is 0 Å². The van der Waals surface area contributed by atoms with E-state index in [9.17, 15) is 22.4 Å². The molecule has 1 heterocycles. The maximum Gasteiger partial charge on any atom is 0.490 e. The Balaban J connectivity index is 0.000000445. The molecule has 0 saturated heterocycles. The summed E-state index contributed by atoms with van der Waals surface area (Å²) in [5.74, 6) is -3.31. The lowest BCUT2D eigenvalue weighted by Gasteiger charge is -2.05. The van der Waals surface area contributed by atoms with Crippen molar-refractivity contribution in [3.8, 4) is 11.5 Å². The molecule has 1 atom stereocenters. The Morgan fingerprint density at radius 3 is 2.11 bits per heavy atom. The van der Waals surface area contributed by atoms with Crippen LogP contribution in [0.25, 0.3) is 11.5 Å². The van der Waals surface area contributed by atoms with Gasteiger partial charge in [0.15, 0.2) is 0 Å². The van der Waals surface area contributed by atoms with Crippen molar-refractivity contribution in [2.75, 3.05) is 24.3 Å². The topological polar surface area (TPSA) is 109 Å². The summed E-state index contributed by atoms with van der Waals surface area (Å²) in [4.78, 5) is 21.7. The number of alkyl halides is 5. The van der Waals surface area contributed by atoms with E-state index in [1.165, 1.54) is 0 Å². The van der Waals surface area contributed by atoms with Crippen LogP contribution < -0.4 is 10.2 Å². The van der Waals surface area contributed by atoms with Gasteiger partial charge in [0.2, 0.25) is 5.89 Å². The molecule has 1 unspecified atom stereocenters. The molecule has 148 valence electrons. The molecule has 2 rings (SSSR count). The quantitative estimate of drug-likeness (QED) is 0.587. The number of rotatable bonds is 4. The minimum Gasteiger partial charge on any atom is -0.475 e. The van der Waals surface area contributed by atoms with Crippen LogP contribution in [-0.2, 0) is 9.59 Å². The van der Waals surface area contributed by atoms with Gasteiger partial charge in [-0.15, -0.1) is 5.10 Å². The summed E-state index contributed by atoms with van der Waals surface area (Å²) in [6.45, 7) is 0. The summed E-state index contributed by atoms with van der Waals surface area (Å²) < 4.78 is 49.7. The Hall–Kier alpha value is -2.89. The number of aliphatic carboxylic acids is 1. The van der Waals surface area contributed by atoms with Crippen LogP contribution in [-0.4, -0.2) is 53.1 Å². The highest BCUT2D eigenvalue weighted by molar-refractivity contribution is 6.31. The minimum atomic E-state index is -5.08. The number of carbonyl (C=O) groups is 2. The number of halogens is 5. The van der Waals surface area contributed by atoms with Gasteiger partial charge in [-0.25, -0.2) is 9.18 Å². The Bertz CT molecular complexity index is 778. The van der Waals surface area contributed by atoms with Gasteiger partial charge in [0.25, 0.3) is 11.5 Å². The van der Waals surface area contributed by atoms with Gasteiger partial charge in [0, 0.05) is 25.3 Å². The van der Waals surface area contributed by atoms with Crippen molar-refractivity contribution in [2.24, 2.45) is 0 Å². The molecule has 13 heteroatoms. The molecule has 27 heavy (non-hydrogen) atoms. The molecule has 0 aliphatic heterocycles. The smallest absolute Gasteiger partial charge is 0.475 e. The van der Waals surface area contributed by atoms with Crippen LogP contribution >= 0.6 is 11.6 Å². The van der Waals surface area contributed by atoms with Crippen molar-refractivity contribution >= 4 is 35.2 Å². The minimum absolute atomic E-state index is 0.354. The van der Waals surface area contributed by atoms with Crippen molar-refractivity contribution in [1.29, 1.82) is 0 Å². The van der Waals surface area contributed by atoms with Crippen molar-refractivity contribution in [3.63, 3.8) is 0 Å². The highest BCUT2D eigenvalue weighted by Gasteiger charge is 2.38. The van der Waals surface area contributed by atoms with E-state index in [1.54, 1.807) is 43.3 Å². The Labute approximate surface area is 154 Å². The summed E-state index contributed by atoms with van der Waals surface area (Å²) >= 11 is 5.02. The Morgan fingerprint density at radius 2 is 1.74 bits per heavy atom. The lowest BCUT2D eigenvalue weighted by atomic mass is 10.2. The first kappa shape index (κ1) is 22.2. The highest BCUT2D eigenvalue weighted by Crippen LogP contribution is 2.22. The second-order valence-corrected chi connectivity index (χ2v) is 5.34. The maximum atomic E-state index is 12.5. The van der Waals surface area contributed by atoms with E-state index < -0.39 is 23.7 Å². The number of nitrogens with zero attached hydrogens (tertiary/aromatic N) is 3. The average Bonchev–Trinajstić information content (AvgIpc) is 3.05. The van der Waals surface area contributed by atoms with E-state index in [0.717, 1.165) is 0 Å². The average molecular weight is 413 g/mol. The van der Waals surface area contributed by atoms with Crippen LogP contribution in [0, 0.1) is 0 Å². The second-order valence-electron chi connectivity index (χ2n) is 4.95. The van der Waals surface area contributed by atoms with Crippen LogP contribution in [0.3, 0.4) is 0 Å². The van der Waals surface area contributed by atoms with E-state index in [4.69, 9.17) is 25.9 Å². The molecular weight excluding hydrogens is 400 g/mol. The van der Waals surface area contributed by atoms with Gasteiger partial charge in [-0.1, -0.05) is 16.7 Å². The largest absolute Gasteiger partial charge is 0.490 e. The molecule has 2 N–H and O–H groups in total. The fourth-order valence-electron chi connectivity index (χ4n) is 1.41. The summed E-state index contributed by atoms with van der Waals surface area (Å²) in [6, 6.07) is 6.91. The van der Waals surface area contributed by atoms with Crippen molar-refractivity contribution in [1.82, 2.24) is 10.2 Å². The number of anilines is 2. The molecule has 1 aromatic heterocycles. The predicted octanol–water partition coefficient (Wildman–Crippen LogP) is 2.91. The lowest BCUT2D eigenvalue weighted by Crippen LogP contribution is -2.21. The number of hydrogen-bond donors (Lipinski definition) is 2. The second kappa shape index (κ2) is 9.16. The number of carboxylic acids is 1. The van der Waals surface area contributed by atoms with Crippen molar-refractivity contribution < 1.29 is 36.7 Å². The monoisotopic (exact) mass is 412 g/mol. The van der Waals surface area contributed by atoms with Gasteiger partial charge < -0.3 is 19.7 Å². The molecule has 0 aliphatic rings. The van der Waals surface area contributed by atoms with Gasteiger partial charge in [-0.2, -0.15) is 13.2 Å². The van der Waals surface area contributed by atoms with Gasteiger partial charge in [0.05, 0.1) is 0 Å². The molecule has 0 bridgehead atoms. The molecule has 0 radical (unpaired) electrons. The molecule has 0 fully saturated rings. The number of amides is 1. The summed E-state index contributed by atoms with van der Waals surface area (Å²) in [7, 11) is 3.57. The molecule has 2 aromatic rings. The number of carbonyl (C=O) groups excluding carboxylic acids is 1. The zero-order valence-electron chi connectivity index (χ0n) is 13.8. The number of carboxylic acid groups (broad SMARTS) is 1. The molecular formula is C14H13ClF4N4O4. The number of benzene rings is 1. The first-order chi connectivity index (χ1) is 12.4. The third-order valence-corrected chi connectivity index (χ3v) is 2.84. The molecule has 1 aromatic carbocycles. The van der Waals surface area contributed by atoms with Crippen molar-refractivity contribution in [2.45, 2.75) is 11.8 Å². The van der Waals surface area contributed by atoms with Gasteiger partial charge in [0.1, 0.15) is 0 Å². The van der Waals surface area contributed by atoms with E-state index in [-0.39, 0.29) is 0 Å². The fourth-order valence-corrected chi connectivity index (χ4v) is 1.46. The van der Waals surface area contributed by atoms with Crippen LogP contribution in [0.4, 0.5) is 29.3 Å². The third-order valence-electron chi connectivity index (χ3n) is 2.64. The van der Waals surface area contributed by atoms with Gasteiger partial charge in [-0.05, 0) is 24.3 Å². The standard InChI is InChI=1S/C12H12ClFN4O2.C2HF3O2/c1-18(2)12-17-16-11(20-12)7-3-5-8(6-4-7)15-10(19)9(13)14;3-2(4,5)1(6)7/h3-6,9H,1-2H3,(H,15,19);(H,6,7). The van der Waals surface area contributed by atoms with E-state index >= 15 is 0 Å². The summed E-state index contributed by atoms with van der Waals surface area (Å²) in [5.41, 5.74) is -0.964. The zero-order valence-corrected chi connectivity index (χ0v) is 14.5. The maximum absolute atomic E-state index is 12.5. The molecule has 0 saturated carbocycles. The first-order valence-corrected chi connectivity index (χ1v) is 7.36. The van der Waals surface area contributed by atoms with Crippen LogP contribution in [0.2, 0.25) is 0 Å². The zero-order chi connectivity index (χ0) is 20.8. The van der Waals surface area contributed by atoms with Crippen LogP contribution in [0.1, 0.15) is 0 Å². The number of hydrogen-bond acceptors (Lipinski definition) is 6. The van der Waals surface area contributed by atoms with E-state index in [0.29, 0.717) is 23.2 Å². The van der Waals surface area contributed by atoms with Crippen LogP contribution in [0.5, 0.6) is 0 Å². The first-order valence-electron chi connectivity index (χ1n) is 6.92. The normalized spacial score (nSPS) is 11.8. The Morgan fingerprint density at radius 1 is 1.22 bits per heavy atom. The van der Waals surface area contributed by atoms with Gasteiger partial charge in [-0.3, -0.25) is 4.79 Å². The number of aromatic nitrogens is 2. The lowest BCUT2D eigenvalue weighted by molar-refractivity contribution is -0.192. The third kappa shape index (κ3) is 7.09. The van der Waals surface area contributed by atoms with Crippen LogP contribution in [0.15, 0.2) is 28.7 Å². The summed E-state index contributed by atoms with van der Waals surface area (Å²) in [6.07, 6.45) is -5.08. The molecule has 0 spiro atoms. The Kier molecular flexibility index (Phi) is 7.52. The molecule has 0 aliphatic carbocycles. The SMILES string of the molecule is CN(C)c1nnc(-c2ccc(NC(=O)C(F)Cl)cc2)o1.O=C(O)C(F)(F)F. The summed E-state index contributed by atoms with van der Waals surface area (Å²) in [5, 5.41) is 17.2. The number of nitrogens with one attached hydrogen (secondary N) is 1. The van der Waals surface area contributed by atoms with Crippen molar-refractivity contribution in [3.05, 3.63) is 24.3 Å². The molecule has 8 nitrogen and oxygen atoms in total. The molecule has 1 amide bonds.